The molecule has 0 radical (unpaired) electrons. The third-order valence-corrected chi connectivity index (χ3v) is 5.74. The maximum absolute atomic E-state index is 6.23. The summed E-state index contributed by atoms with van der Waals surface area (Å²) in [6.07, 6.45) is 11.8. The summed E-state index contributed by atoms with van der Waals surface area (Å²) in [6.45, 7) is 9.17. The predicted octanol–water partition coefficient (Wildman–Crippen LogP) is 4.53. The first-order valence-corrected chi connectivity index (χ1v) is 9.12. The average molecular weight is 281 g/mol. The molecule has 0 bridgehead atoms. The lowest BCUT2D eigenvalue weighted by atomic mass is 9.75. The van der Waals surface area contributed by atoms with E-state index in [9.17, 15) is 0 Å². The second-order valence-electron chi connectivity index (χ2n) is 7.05. The van der Waals surface area contributed by atoms with Gasteiger partial charge in [-0.1, -0.05) is 46.5 Å². The molecule has 2 heteroatoms. The first-order chi connectivity index (χ1) is 9.74. The lowest BCUT2D eigenvalue weighted by molar-refractivity contribution is -0.101. The fraction of sp³-hybridized carbons (Fsp3) is 1.00. The van der Waals surface area contributed by atoms with E-state index in [1.807, 2.05) is 0 Å². The van der Waals surface area contributed by atoms with Crippen LogP contribution in [-0.4, -0.2) is 24.8 Å². The van der Waals surface area contributed by atoms with E-state index in [2.05, 4.69) is 26.1 Å². The van der Waals surface area contributed by atoms with Gasteiger partial charge in [0.2, 0.25) is 0 Å². The molecule has 1 aliphatic heterocycles. The predicted molar refractivity (Wildman–Crippen MR) is 86.0 cm³/mol. The fourth-order valence-electron chi connectivity index (χ4n) is 4.57. The minimum Gasteiger partial charge on any atom is -0.375 e. The first kappa shape index (κ1) is 16.3. The molecule has 118 valence electrons. The summed E-state index contributed by atoms with van der Waals surface area (Å²) in [5, 5.41) is 3.89. The molecule has 0 amide bonds. The molecule has 2 fully saturated rings. The quantitative estimate of drug-likeness (QED) is 0.740. The molecule has 1 N–H and O–H groups in total. The molecule has 2 rings (SSSR count). The molecule has 0 aromatic rings. The maximum Gasteiger partial charge on any atom is 0.0685 e. The number of rotatable bonds is 7. The Labute approximate surface area is 126 Å². The van der Waals surface area contributed by atoms with E-state index >= 15 is 0 Å². The van der Waals surface area contributed by atoms with Gasteiger partial charge in [-0.3, -0.25) is 0 Å². The van der Waals surface area contributed by atoms with Crippen LogP contribution in [0.5, 0.6) is 0 Å². The van der Waals surface area contributed by atoms with Crippen LogP contribution in [0, 0.1) is 11.8 Å². The van der Waals surface area contributed by atoms with Crippen LogP contribution >= 0.6 is 0 Å². The Balaban J connectivity index is 2.02. The minimum absolute atomic E-state index is 0.265. The van der Waals surface area contributed by atoms with Crippen LogP contribution in [0.2, 0.25) is 0 Å². The number of nitrogens with one attached hydrogen (secondary N) is 1. The Morgan fingerprint density at radius 3 is 2.45 bits per heavy atom. The summed E-state index contributed by atoms with van der Waals surface area (Å²) < 4.78 is 6.23. The molecular formula is C18H35NO. The van der Waals surface area contributed by atoms with E-state index in [1.54, 1.807) is 0 Å². The monoisotopic (exact) mass is 281 g/mol. The van der Waals surface area contributed by atoms with Crippen molar-refractivity contribution in [2.75, 3.05) is 13.2 Å². The van der Waals surface area contributed by atoms with Crippen molar-refractivity contribution < 1.29 is 4.74 Å². The summed E-state index contributed by atoms with van der Waals surface area (Å²) in [4.78, 5) is 0. The van der Waals surface area contributed by atoms with Gasteiger partial charge in [0, 0.05) is 12.6 Å². The fourth-order valence-corrected chi connectivity index (χ4v) is 4.57. The van der Waals surface area contributed by atoms with Crippen LogP contribution in [0.3, 0.4) is 0 Å². The Morgan fingerprint density at radius 2 is 1.85 bits per heavy atom. The number of hydrogen-bond acceptors (Lipinski definition) is 2. The normalized spacial score (nSPS) is 27.3. The highest BCUT2D eigenvalue weighted by atomic mass is 16.5. The zero-order valence-electron chi connectivity index (χ0n) is 13.9. The summed E-state index contributed by atoms with van der Waals surface area (Å²) in [5.74, 6) is 1.67. The van der Waals surface area contributed by atoms with E-state index < -0.39 is 0 Å². The van der Waals surface area contributed by atoms with Crippen LogP contribution in [0.15, 0.2) is 0 Å². The molecule has 2 aliphatic rings. The lowest BCUT2D eigenvalue weighted by Gasteiger charge is -2.43. The van der Waals surface area contributed by atoms with Crippen molar-refractivity contribution in [3.8, 4) is 0 Å². The van der Waals surface area contributed by atoms with Gasteiger partial charge < -0.3 is 10.1 Å². The van der Waals surface area contributed by atoms with Gasteiger partial charge in [0.05, 0.1) is 5.60 Å². The molecule has 2 atom stereocenters. The standard InChI is InChI=1S/C18H35NO/c1-4-12-19-17(15(5-2)6-3)16-9-13-20-18(14-16)10-7-8-11-18/h15-17,19H,4-14H2,1-3H3. The second kappa shape index (κ2) is 7.79. The Morgan fingerprint density at radius 1 is 1.15 bits per heavy atom. The third kappa shape index (κ3) is 3.76. The van der Waals surface area contributed by atoms with E-state index in [1.165, 1.54) is 64.3 Å². The highest BCUT2D eigenvalue weighted by molar-refractivity contribution is 4.95. The summed E-state index contributed by atoms with van der Waals surface area (Å²) in [5.41, 5.74) is 0.265. The van der Waals surface area contributed by atoms with Crippen molar-refractivity contribution >= 4 is 0 Å². The minimum atomic E-state index is 0.265. The SMILES string of the molecule is CCCNC(C(CC)CC)C1CCOC2(CCCC2)C1. The van der Waals surface area contributed by atoms with Gasteiger partial charge in [0.1, 0.15) is 0 Å². The average Bonchev–Trinajstić information content (AvgIpc) is 2.91. The van der Waals surface area contributed by atoms with Gasteiger partial charge in [-0.2, -0.15) is 0 Å². The van der Waals surface area contributed by atoms with Crippen molar-refractivity contribution in [1.82, 2.24) is 5.32 Å². The molecule has 2 unspecified atom stereocenters. The molecule has 0 aromatic heterocycles. The molecule has 2 nitrogen and oxygen atoms in total. The highest BCUT2D eigenvalue weighted by Gasteiger charge is 2.42. The zero-order valence-corrected chi connectivity index (χ0v) is 13.9. The first-order valence-electron chi connectivity index (χ1n) is 9.12. The highest BCUT2D eigenvalue weighted by Crippen LogP contribution is 2.44. The molecule has 1 saturated heterocycles. The smallest absolute Gasteiger partial charge is 0.0685 e. The molecule has 1 heterocycles. The van der Waals surface area contributed by atoms with Crippen molar-refractivity contribution in [2.24, 2.45) is 11.8 Å². The molecule has 1 spiro atoms. The van der Waals surface area contributed by atoms with Crippen molar-refractivity contribution in [2.45, 2.75) is 90.2 Å². The van der Waals surface area contributed by atoms with Crippen molar-refractivity contribution in [1.29, 1.82) is 0 Å². The van der Waals surface area contributed by atoms with E-state index in [0.717, 1.165) is 18.4 Å². The van der Waals surface area contributed by atoms with Gasteiger partial charge in [-0.05, 0) is 50.5 Å². The number of hydrogen-bond donors (Lipinski definition) is 1. The largest absolute Gasteiger partial charge is 0.375 e. The van der Waals surface area contributed by atoms with Crippen molar-refractivity contribution in [3.63, 3.8) is 0 Å². The molecular weight excluding hydrogens is 246 g/mol. The van der Waals surface area contributed by atoms with Crippen LogP contribution < -0.4 is 5.32 Å². The van der Waals surface area contributed by atoms with E-state index in [0.29, 0.717) is 6.04 Å². The lowest BCUT2D eigenvalue weighted by Crippen LogP contribution is -2.49. The topological polar surface area (TPSA) is 21.3 Å². The third-order valence-electron chi connectivity index (χ3n) is 5.74. The van der Waals surface area contributed by atoms with Gasteiger partial charge in [0.25, 0.3) is 0 Å². The summed E-state index contributed by atoms with van der Waals surface area (Å²) in [6, 6.07) is 0.714. The Kier molecular flexibility index (Phi) is 6.35. The van der Waals surface area contributed by atoms with Gasteiger partial charge >= 0.3 is 0 Å². The summed E-state index contributed by atoms with van der Waals surface area (Å²) in [7, 11) is 0. The Bertz CT molecular complexity index is 269. The van der Waals surface area contributed by atoms with E-state index in [-0.39, 0.29) is 5.60 Å². The van der Waals surface area contributed by atoms with Crippen LogP contribution in [0.1, 0.15) is 78.6 Å². The number of ether oxygens (including phenoxy) is 1. The molecule has 1 saturated carbocycles. The Hall–Kier alpha value is -0.0800. The van der Waals surface area contributed by atoms with Crippen LogP contribution in [0.4, 0.5) is 0 Å². The van der Waals surface area contributed by atoms with Crippen LogP contribution in [-0.2, 0) is 4.74 Å². The second-order valence-corrected chi connectivity index (χ2v) is 7.05. The van der Waals surface area contributed by atoms with Gasteiger partial charge in [0.15, 0.2) is 0 Å². The molecule has 20 heavy (non-hydrogen) atoms. The van der Waals surface area contributed by atoms with Crippen LogP contribution in [0.25, 0.3) is 0 Å². The molecule has 1 aliphatic carbocycles. The zero-order chi connectivity index (χ0) is 14.4. The van der Waals surface area contributed by atoms with Gasteiger partial charge in [-0.15, -0.1) is 0 Å². The van der Waals surface area contributed by atoms with E-state index in [4.69, 9.17) is 4.74 Å². The summed E-state index contributed by atoms with van der Waals surface area (Å²) >= 11 is 0. The maximum atomic E-state index is 6.23. The molecule has 0 aromatic carbocycles. The van der Waals surface area contributed by atoms with Gasteiger partial charge in [-0.25, -0.2) is 0 Å². The van der Waals surface area contributed by atoms with Crippen molar-refractivity contribution in [3.05, 3.63) is 0 Å².